The molecule has 2 atom stereocenters. The molecule has 0 saturated carbocycles. The maximum atomic E-state index is 6.71. The monoisotopic (exact) mass is 324 g/mol. The molecule has 0 spiro atoms. The highest BCUT2D eigenvalue weighted by Crippen LogP contribution is 2.56. The Morgan fingerprint density at radius 3 is 1.32 bits per heavy atom. The molecule has 0 saturated heterocycles. The van der Waals surface area contributed by atoms with E-state index in [1.54, 1.807) is 0 Å². The number of halogens is 1. The first-order chi connectivity index (χ1) is 8.20. The molecule has 3 heteroatoms. The van der Waals surface area contributed by atoms with Crippen molar-refractivity contribution in [3.8, 4) is 0 Å². The summed E-state index contributed by atoms with van der Waals surface area (Å²) in [5.41, 5.74) is 0.755. The molecule has 0 N–H and O–H groups in total. The summed E-state index contributed by atoms with van der Waals surface area (Å²) in [6.07, 6.45) is 4.53. The van der Waals surface area contributed by atoms with Crippen molar-refractivity contribution in [2.24, 2.45) is 22.7 Å². The predicted molar refractivity (Wildman–Crippen MR) is 96.3 cm³/mol. The van der Waals surface area contributed by atoms with Gasteiger partial charge in [-0.1, -0.05) is 78.4 Å². The van der Waals surface area contributed by atoms with Gasteiger partial charge in [0, 0.05) is 5.39 Å². The third-order valence-corrected chi connectivity index (χ3v) is 7.15. The van der Waals surface area contributed by atoms with E-state index in [1.165, 1.54) is 12.8 Å². The Kier molecular flexibility index (Phi) is 7.64. The molecule has 0 aromatic carbocycles. The van der Waals surface area contributed by atoms with Crippen LogP contribution in [-0.4, -0.2) is 12.3 Å². The molecule has 0 aliphatic heterocycles. The van der Waals surface area contributed by atoms with Gasteiger partial charge in [0.1, 0.15) is 0 Å². The third-order valence-electron chi connectivity index (χ3n) is 3.09. The SMILES string of the molecule is CC(CC(C)(C)C)CP(=S)(Cl)CC(C)CC(C)(C)C. The minimum Gasteiger partial charge on any atom is -0.0856 e. The summed E-state index contributed by atoms with van der Waals surface area (Å²) in [7, 11) is 0. The highest BCUT2D eigenvalue weighted by atomic mass is 35.7. The van der Waals surface area contributed by atoms with Crippen molar-refractivity contribution >= 4 is 28.4 Å². The Hall–Kier alpha value is 0.940. The van der Waals surface area contributed by atoms with E-state index >= 15 is 0 Å². The summed E-state index contributed by atoms with van der Waals surface area (Å²) in [5.74, 6) is 1.29. The number of hydrogen-bond donors (Lipinski definition) is 0. The molecule has 0 nitrogen and oxygen atoms in total. The first-order valence-corrected chi connectivity index (χ1v) is 11.6. The third kappa shape index (κ3) is 12.4. The summed E-state index contributed by atoms with van der Waals surface area (Å²) < 4.78 is 0. The van der Waals surface area contributed by atoms with Crippen LogP contribution in [0.2, 0.25) is 0 Å². The van der Waals surface area contributed by atoms with Crippen molar-refractivity contribution in [3.05, 3.63) is 0 Å². The van der Waals surface area contributed by atoms with Crippen molar-refractivity contribution < 1.29 is 0 Å². The highest BCUT2D eigenvalue weighted by molar-refractivity contribution is 8.27. The fourth-order valence-electron chi connectivity index (χ4n) is 3.23. The Morgan fingerprint density at radius 2 is 1.11 bits per heavy atom. The molecule has 0 aliphatic carbocycles. The van der Waals surface area contributed by atoms with Crippen LogP contribution in [-0.2, 0) is 11.8 Å². The van der Waals surface area contributed by atoms with E-state index in [9.17, 15) is 0 Å². The zero-order chi connectivity index (χ0) is 15.5. The molecule has 116 valence electrons. The fraction of sp³-hybridized carbons (Fsp3) is 1.00. The molecular formula is C16H34ClPS. The summed E-state index contributed by atoms with van der Waals surface area (Å²) in [4.78, 5) is 0. The van der Waals surface area contributed by atoms with Gasteiger partial charge >= 0.3 is 0 Å². The van der Waals surface area contributed by atoms with Gasteiger partial charge in [0.05, 0.1) is 0 Å². The maximum Gasteiger partial charge on any atom is 0.0393 e. The van der Waals surface area contributed by atoms with Gasteiger partial charge in [-0.25, -0.2) is 0 Å². The van der Waals surface area contributed by atoms with Crippen LogP contribution in [0.5, 0.6) is 0 Å². The van der Waals surface area contributed by atoms with Crippen molar-refractivity contribution in [2.75, 3.05) is 12.3 Å². The molecular weight excluding hydrogens is 291 g/mol. The van der Waals surface area contributed by atoms with Crippen molar-refractivity contribution in [2.45, 2.75) is 68.2 Å². The minimum absolute atomic E-state index is 0.378. The number of hydrogen-bond acceptors (Lipinski definition) is 1. The van der Waals surface area contributed by atoms with Crippen LogP contribution < -0.4 is 0 Å². The fourth-order valence-corrected chi connectivity index (χ4v) is 8.43. The van der Waals surface area contributed by atoms with E-state index in [1.807, 2.05) is 0 Å². The van der Waals surface area contributed by atoms with Gasteiger partial charge in [0.15, 0.2) is 0 Å². The van der Waals surface area contributed by atoms with Crippen LogP contribution in [0.4, 0.5) is 0 Å². The van der Waals surface area contributed by atoms with Crippen LogP contribution >= 0.6 is 16.6 Å². The molecule has 0 fully saturated rings. The summed E-state index contributed by atoms with van der Waals surface area (Å²) in [5, 5.41) is -1.67. The lowest BCUT2D eigenvalue weighted by molar-refractivity contribution is 0.319. The van der Waals surface area contributed by atoms with Crippen LogP contribution in [0.3, 0.4) is 0 Å². The molecule has 0 heterocycles. The molecule has 2 unspecified atom stereocenters. The second-order valence-electron chi connectivity index (χ2n) is 8.89. The minimum atomic E-state index is -1.67. The number of rotatable bonds is 6. The standard InChI is InChI=1S/C16H34ClPS/c1-13(9-15(3,4)5)11-18(17,19)12-14(2)10-16(6,7)8/h13-14H,9-12H2,1-8H3. The molecule has 0 amide bonds. The van der Waals surface area contributed by atoms with Gasteiger partial charge < -0.3 is 0 Å². The second-order valence-corrected chi connectivity index (χ2v) is 15.8. The largest absolute Gasteiger partial charge is 0.0856 e. The maximum absolute atomic E-state index is 6.71. The van der Waals surface area contributed by atoms with Crippen molar-refractivity contribution in [1.82, 2.24) is 0 Å². The van der Waals surface area contributed by atoms with Crippen LogP contribution in [0.1, 0.15) is 68.2 Å². The van der Waals surface area contributed by atoms with E-state index in [4.69, 9.17) is 23.0 Å². The summed E-state index contributed by atoms with van der Waals surface area (Å²) >= 11 is 12.5. The van der Waals surface area contributed by atoms with Gasteiger partial charge in [-0.05, 0) is 47.8 Å². The Balaban J connectivity index is 4.36. The zero-order valence-corrected chi connectivity index (χ0v) is 16.7. The lowest BCUT2D eigenvalue weighted by Crippen LogP contribution is -2.16. The smallest absolute Gasteiger partial charge is 0.0393 e. The topological polar surface area (TPSA) is 0 Å². The average molecular weight is 325 g/mol. The summed E-state index contributed by atoms with van der Waals surface area (Å²) in [6, 6.07) is 0. The van der Waals surface area contributed by atoms with Gasteiger partial charge in [-0.15, -0.1) is 0 Å². The first kappa shape index (κ1) is 19.9. The highest BCUT2D eigenvalue weighted by Gasteiger charge is 2.25. The van der Waals surface area contributed by atoms with E-state index in [0.717, 1.165) is 12.3 Å². The quantitative estimate of drug-likeness (QED) is 0.486. The molecule has 0 aromatic rings. The predicted octanol–water partition coefficient (Wildman–Crippen LogP) is 6.76. The lowest BCUT2D eigenvalue weighted by Gasteiger charge is -2.29. The molecule has 0 aliphatic rings. The van der Waals surface area contributed by atoms with E-state index in [0.29, 0.717) is 22.7 Å². The van der Waals surface area contributed by atoms with E-state index < -0.39 is 5.39 Å². The molecule has 0 rings (SSSR count). The van der Waals surface area contributed by atoms with Gasteiger partial charge in [0.2, 0.25) is 0 Å². The zero-order valence-electron chi connectivity index (χ0n) is 14.2. The van der Waals surface area contributed by atoms with Gasteiger partial charge in [0.25, 0.3) is 0 Å². The van der Waals surface area contributed by atoms with Crippen LogP contribution in [0.15, 0.2) is 0 Å². The van der Waals surface area contributed by atoms with Crippen molar-refractivity contribution in [3.63, 3.8) is 0 Å². The average Bonchev–Trinajstić information content (AvgIpc) is 1.89. The lowest BCUT2D eigenvalue weighted by atomic mass is 9.86. The van der Waals surface area contributed by atoms with Gasteiger partial charge in [-0.3, -0.25) is 0 Å². The first-order valence-electron chi connectivity index (χ1n) is 7.48. The van der Waals surface area contributed by atoms with Crippen LogP contribution in [0, 0.1) is 22.7 Å². The van der Waals surface area contributed by atoms with Gasteiger partial charge in [-0.2, -0.15) is 0 Å². The molecule has 0 radical (unpaired) electrons. The van der Waals surface area contributed by atoms with E-state index in [2.05, 4.69) is 55.4 Å². The molecule has 0 aromatic heterocycles. The summed E-state index contributed by atoms with van der Waals surface area (Å²) in [6.45, 7) is 18.4. The molecule has 19 heavy (non-hydrogen) atoms. The second kappa shape index (κ2) is 7.28. The normalized spacial score (nSPS) is 19.8. The Bertz CT molecular complexity index is 284. The molecule has 0 bridgehead atoms. The van der Waals surface area contributed by atoms with Crippen molar-refractivity contribution in [1.29, 1.82) is 0 Å². The van der Waals surface area contributed by atoms with Crippen LogP contribution in [0.25, 0.3) is 0 Å². The van der Waals surface area contributed by atoms with E-state index in [-0.39, 0.29) is 0 Å². The Labute approximate surface area is 131 Å². The Morgan fingerprint density at radius 1 is 0.842 bits per heavy atom.